The number of methoxy groups -OCH3 is 2. The zero-order valence-corrected chi connectivity index (χ0v) is 18.1. The Hall–Kier alpha value is -3.06. The Morgan fingerprint density at radius 3 is 2.32 bits per heavy atom. The van der Waals surface area contributed by atoms with Crippen LogP contribution >= 0.6 is 0 Å². The predicted octanol–water partition coefficient (Wildman–Crippen LogP) is 1.94. The molecule has 7 nitrogen and oxygen atoms in total. The second-order valence-corrected chi connectivity index (χ2v) is 7.96. The van der Waals surface area contributed by atoms with Gasteiger partial charge in [-0.2, -0.15) is 0 Å². The highest BCUT2D eigenvalue weighted by Gasteiger charge is 2.34. The summed E-state index contributed by atoms with van der Waals surface area (Å²) in [5, 5.41) is 0. The zero-order valence-electron chi connectivity index (χ0n) is 18.1. The molecule has 164 valence electrons. The molecule has 31 heavy (non-hydrogen) atoms. The predicted molar refractivity (Wildman–Crippen MR) is 118 cm³/mol. The van der Waals surface area contributed by atoms with E-state index in [1.54, 1.807) is 7.11 Å². The fourth-order valence-corrected chi connectivity index (χ4v) is 4.47. The number of amides is 1. The third-order valence-electron chi connectivity index (χ3n) is 6.22. The molecule has 2 heterocycles. The monoisotopic (exact) mass is 423 g/mol. The Morgan fingerprint density at radius 2 is 1.61 bits per heavy atom. The maximum atomic E-state index is 13.1. The Balaban J connectivity index is 1.40. The number of ether oxygens (including phenoxy) is 2. The summed E-state index contributed by atoms with van der Waals surface area (Å²) in [6.07, 6.45) is 0.567. The van der Waals surface area contributed by atoms with Crippen molar-refractivity contribution in [3.05, 3.63) is 59.7 Å². The van der Waals surface area contributed by atoms with E-state index in [1.165, 1.54) is 7.11 Å². The number of esters is 1. The van der Waals surface area contributed by atoms with Gasteiger partial charge in [0.05, 0.1) is 26.5 Å². The number of hydrogen-bond donors (Lipinski definition) is 0. The molecule has 1 amide bonds. The van der Waals surface area contributed by atoms with Crippen molar-refractivity contribution in [3.8, 4) is 5.75 Å². The van der Waals surface area contributed by atoms with E-state index in [0.717, 1.165) is 35.7 Å². The largest absolute Gasteiger partial charge is 0.495 e. The molecule has 0 bridgehead atoms. The molecule has 2 aliphatic rings. The van der Waals surface area contributed by atoms with Crippen molar-refractivity contribution in [1.82, 2.24) is 9.80 Å². The van der Waals surface area contributed by atoms with Gasteiger partial charge in [0.2, 0.25) is 5.91 Å². The molecule has 0 N–H and O–H groups in total. The van der Waals surface area contributed by atoms with Crippen LogP contribution in [0, 0.1) is 0 Å². The summed E-state index contributed by atoms with van der Waals surface area (Å²) >= 11 is 0. The van der Waals surface area contributed by atoms with Crippen molar-refractivity contribution in [2.24, 2.45) is 0 Å². The van der Waals surface area contributed by atoms with E-state index in [4.69, 9.17) is 9.47 Å². The fourth-order valence-electron chi connectivity index (χ4n) is 4.47. The standard InChI is InChI=1S/C24H29N3O4/c1-30-22-10-6-5-9-20(22)25-11-13-26(14-12-25)23(28)17-27-16-19-8-4-3-7-18(19)15-21(27)24(29)31-2/h3-10,21H,11-17H2,1-2H3/t21-/m1/s1. The highest BCUT2D eigenvalue weighted by Crippen LogP contribution is 2.29. The van der Waals surface area contributed by atoms with E-state index in [0.29, 0.717) is 26.1 Å². The Kier molecular flexibility index (Phi) is 6.42. The minimum Gasteiger partial charge on any atom is -0.495 e. The normalized spacial score (nSPS) is 19.0. The second-order valence-electron chi connectivity index (χ2n) is 7.96. The van der Waals surface area contributed by atoms with Gasteiger partial charge in [0.25, 0.3) is 0 Å². The van der Waals surface area contributed by atoms with Gasteiger partial charge in [-0.25, -0.2) is 0 Å². The van der Waals surface area contributed by atoms with Crippen LogP contribution in [0.15, 0.2) is 48.5 Å². The van der Waals surface area contributed by atoms with Crippen molar-refractivity contribution in [1.29, 1.82) is 0 Å². The van der Waals surface area contributed by atoms with Gasteiger partial charge in [0.1, 0.15) is 11.8 Å². The van der Waals surface area contributed by atoms with Gasteiger partial charge >= 0.3 is 5.97 Å². The van der Waals surface area contributed by atoms with Crippen molar-refractivity contribution >= 4 is 17.6 Å². The smallest absolute Gasteiger partial charge is 0.323 e. The number of carbonyl (C=O) groups is 2. The third-order valence-corrected chi connectivity index (χ3v) is 6.22. The molecule has 1 fully saturated rings. The van der Waals surface area contributed by atoms with E-state index in [9.17, 15) is 9.59 Å². The number of benzene rings is 2. The summed E-state index contributed by atoms with van der Waals surface area (Å²) in [5.74, 6) is 0.603. The average molecular weight is 424 g/mol. The summed E-state index contributed by atoms with van der Waals surface area (Å²) in [7, 11) is 3.08. The maximum absolute atomic E-state index is 13.1. The van der Waals surface area contributed by atoms with Crippen LogP contribution in [-0.2, 0) is 27.3 Å². The number of carbonyl (C=O) groups excluding carboxylic acids is 2. The van der Waals surface area contributed by atoms with Crippen molar-refractivity contribution in [2.75, 3.05) is 51.8 Å². The summed E-state index contributed by atoms with van der Waals surface area (Å²) < 4.78 is 10.5. The van der Waals surface area contributed by atoms with Crippen molar-refractivity contribution in [3.63, 3.8) is 0 Å². The number of anilines is 1. The summed E-state index contributed by atoms with van der Waals surface area (Å²) in [5.41, 5.74) is 3.36. The van der Waals surface area contributed by atoms with Crippen molar-refractivity contribution in [2.45, 2.75) is 19.0 Å². The molecule has 0 aromatic heterocycles. The molecule has 2 aliphatic heterocycles. The van der Waals surface area contributed by atoms with Crippen LogP contribution in [0.2, 0.25) is 0 Å². The van der Waals surface area contributed by atoms with Crippen molar-refractivity contribution < 1.29 is 19.1 Å². The molecule has 4 rings (SSSR count). The zero-order chi connectivity index (χ0) is 21.8. The first-order valence-electron chi connectivity index (χ1n) is 10.6. The number of rotatable bonds is 5. The molecule has 0 saturated carbocycles. The van der Waals surface area contributed by atoms with Crippen LogP contribution in [0.25, 0.3) is 0 Å². The van der Waals surface area contributed by atoms with Crippen LogP contribution in [0.1, 0.15) is 11.1 Å². The SMILES string of the molecule is COC(=O)[C@H]1Cc2ccccc2CN1CC(=O)N1CCN(c2ccccc2OC)CC1. The topological polar surface area (TPSA) is 62.3 Å². The number of fused-ring (bicyclic) bond motifs is 1. The second kappa shape index (κ2) is 9.39. The molecule has 2 aromatic rings. The molecule has 0 aliphatic carbocycles. The third kappa shape index (κ3) is 4.51. The van der Waals surface area contributed by atoms with Gasteiger partial charge in [-0.1, -0.05) is 36.4 Å². The molecule has 0 radical (unpaired) electrons. The Morgan fingerprint density at radius 1 is 0.935 bits per heavy atom. The number of para-hydroxylation sites is 2. The molecular formula is C24H29N3O4. The van der Waals surface area contributed by atoms with Gasteiger partial charge in [0, 0.05) is 32.7 Å². The molecule has 1 saturated heterocycles. The quantitative estimate of drug-likeness (QED) is 0.685. The lowest BCUT2D eigenvalue weighted by Crippen LogP contribution is -2.54. The maximum Gasteiger partial charge on any atom is 0.323 e. The van der Waals surface area contributed by atoms with Crippen LogP contribution < -0.4 is 9.64 Å². The van der Waals surface area contributed by atoms with E-state index >= 15 is 0 Å². The van der Waals surface area contributed by atoms with E-state index in [-0.39, 0.29) is 18.4 Å². The summed E-state index contributed by atoms with van der Waals surface area (Å²) in [6.45, 7) is 3.56. The lowest BCUT2D eigenvalue weighted by molar-refractivity contribution is -0.149. The lowest BCUT2D eigenvalue weighted by atomic mass is 9.94. The first kappa shape index (κ1) is 21.2. The van der Waals surface area contributed by atoms with Crippen LogP contribution in [0.3, 0.4) is 0 Å². The molecule has 7 heteroatoms. The first-order valence-corrected chi connectivity index (χ1v) is 10.6. The molecular weight excluding hydrogens is 394 g/mol. The number of hydrogen-bond acceptors (Lipinski definition) is 6. The molecule has 1 atom stereocenters. The van der Waals surface area contributed by atoms with Gasteiger partial charge in [-0.15, -0.1) is 0 Å². The Bertz CT molecular complexity index is 940. The number of nitrogens with zero attached hydrogens (tertiary/aromatic N) is 3. The van der Waals surface area contributed by atoms with E-state index < -0.39 is 6.04 Å². The van der Waals surface area contributed by atoms with Gasteiger partial charge < -0.3 is 19.3 Å². The lowest BCUT2D eigenvalue weighted by Gasteiger charge is -2.39. The van der Waals surface area contributed by atoms with Gasteiger partial charge in [0.15, 0.2) is 0 Å². The highest BCUT2D eigenvalue weighted by molar-refractivity contribution is 5.81. The highest BCUT2D eigenvalue weighted by atomic mass is 16.5. The molecule has 2 aromatic carbocycles. The fraction of sp³-hybridized carbons (Fsp3) is 0.417. The number of piperazine rings is 1. The van der Waals surface area contributed by atoms with Gasteiger partial charge in [-0.05, 0) is 29.7 Å². The van der Waals surface area contributed by atoms with Crippen LogP contribution in [0.5, 0.6) is 5.75 Å². The molecule has 0 unspecified atom stereocenters. The van der Waals surface area contributed by atoms with Crippen LogP contribution in [0.4, 0.5) is 5.69 Å². The van der Waals surface area contributed by atoms with Crippen LogP contribution in [-0.4, -0.2) is 74.7 Å². The average Bonchev–Trinajstić information content (AvgIpc) is 2.83. The van der Waals surface area contributed by atoms with E-state index in [2.05, 4.69) is 11.0 Å². The first-order chi connectivity index (χ1) is 15.1. The summed E-state index contributed by atoms with van der Waals surface area (Å²) in [6, 6.07) is 15.6. The van der Waals surface area contributed by atoms with Gasteiger partial charge in [-0.3, -0.25) is 14.5 Å². The molecule has 0 spiro atoms. The van der Waals surface area contributed by atoms with E-state index in [1.807, 2.05) is 52.3 Å². The minimum absolute atomic E-state index is 0.0490. The Labute approximate surface area is 183 Å². The minimum atomic E-state index is -0.432. The summed E-state index contributed by atoms with van der Waals surface area (Å²) in [4.78, 5) is 31.6.